The molecule has 0 spiro atoms. The number of fused-ring (bicyclic) bond motifs is 1. The van der Waals surface area contributed by atoms with E-state index in [1.807, 2.05) is 12.1 Å². The SMILES string of the molecule is CN(c1nc2ccccc2s1)C1CCN(CC(O)COc2ccc(F)cc2)CC1.O=C(O)CC(O)(CC(=O)O)C(=O)O. The Morgan fingerprint density at radius 1 is 1.07 bits per heavy atom. The van der Waals surface area contributed by atoms with Crippen LogP contribution in [-0.2, 0) is 14.4 Å². The molecule has 0 aliphatic carbocycles. The van der Waals surface area contributed by atoms with Crippen LogP contribution in [0.5, 0.6) is 5.75 Å². The Morgan fingerprint density at radius 2 is 1.67 bits per heavy atom. The van der Waals surface area contributed by atoms with E-state index in [1.54, 1.807) is 23.5 Å². The van der Waals surface area contributed by atoms with Crippen molar-refractivity contribution in [3.05, 3.63) is 54.3 Å². The Hall–Kier alpha value is -3.85. The molecule has 1 fully saturated rings. The maximum Gasteiger partial charge on any atom is 0.336 e. The van der Waals surface area contributed by atoms with E-state index in [0.29, 0.717) is 18.3 Å². The van der Waals surface area contributed by atoms with Gasteiger partial charge >= 0.3 is 17.9 Å². The smallest absolute Gasteiger partial charge is 0.336 e. The number of hydrogen-bond donors (Lipinski definition) is 5. The number of carbonyl (C=O) groups is 3. The number of aliphatic hydroxyl groups is 2. The van der Waals surface area contributed by atoms with Crippen molar-refractivity contribution in [2.24, 2.45) is 0 Å². The number of ether oxygens (including phenoxy) is 1. The summed E-state index contributed by atoms with van der Waals surface area (Å²) in [6, 6.07) is 14.6. The first-order valence-corrected chi connectivity index (χ1v) is 13.9. The third-order valence-corrected chi connectivity index (χ3v) is 7.83. The predicted molar refractivity (Wildman–Crippen MR) is 152 cm³/mol. The van der Waals surface area contributed by atoms with Crippen LogP contribution in [0.3, 0.4) is 0 Å². The maximum atomic E-state index is 12.9. The van der Waals surface area contributed by atoms with Crippen molar-refractivity contribution in [2.45, 2.75) is 43.4 Å². The summed E-state index contributed by atoms with van der Waals surface area (Å²) in [4.78, 5) is 39.8. The number of para-hydroxylation sites is 1. The molecule has 1 saturated heterocycles. The van der Waals surface area contributed by atoms with Gasteiger partial charge in [0.25, 0.3) is 0 Å². The molecule has 4 rings (SSSR count). The van der Waals surface area contributed by atoms with Crippen LogP contribution >= 0.6 is 11.3 Å². The lowest BCUT2D eigenvalue weighted by molar-refractivity contribution is -0.170. The molecule has 5 N–H and O–H groups in total. The number of likely N-dealkylation sites (tertiary alicyclic amines) is 1. The van der Waals surface area contributed by atoms with E-state index >= 15 is 0 Å². The van der Waals surface area contributed by atoms with Gasteiger partial charge in [-0.15, -0.1) is 0 Å². The molecule has 0 amide bonds. The number of carboxylic acid groups (broad SMARTS) is 3. The summed E-state index contributed by atoms with van der Waals surface area (Å²) >= 11 is 1.74. The first-order chi connectivity index (χ1) is 19.9. The van der Waals surface area contributed by atoms with Gasteiger partial charge in [-0.3, -0.25) is 9.59 Å². The molecule has 1 unspecified atom stereocenters. The molecule has 42 heavy (non-hydrogen) atoms. The van der Waals surface area contributed by atoms with Crippen molar-refractivity contribution in [3.63, 3.8) is 0 Å². The molecule has 228 valence electrons. The number of aromatic nitrogens is 1. The summed E-state index contributed by atoms with van der Waals surface area (Å²) in [5, 5.41) is 45.2. The van der Waals surface area contributed by atoms with Crippen LogP contribution in [-0.4, -0.2) is 104 Å². The Balaban J connectivity index is 0.000000316. The Kier molecular flexibility index (Phi) is 11.6. The van der Waals surface area contributed by atoms with E-state index in [4.69, 9.17) is 30.1 Å². The second-order valence-corrected chi connectivity index (χ2v) is 11.0. The minimum atomic E-state index is -2.74. The van der Waals surface area contributed by atoms with E-state index in [2.05, 4.69) is 29.0 Å². The standard InChI is InChI=1S/C22H26FN3O2S.C6H8O7/c1-25(22-24-20-4-2-3-5-21(20)29-22)17-10-12-26(13-11-17)14-18(27)15-28-19-8-6-16(23)7-9-19;7-3(8)1-6(13,5(11)12)2-4(9)10/h2-9,17-18,27H,10-15H2,1H3;13H,1-2H2,(H,7,8)(H,9,10)(H,11,12). The van der Waals surface area contributed by atoms with Gasteiger partial charge in [-0.05, 0) is 49.2 Å². The Morgan fingerprint density at radius 3 is 2.21 bits per heavy atom. The van der Waals surface area contributed by atoms with E-state index in [1.165, 1.54) is 16.8 Å². The van der Waals surface area contributed by atoms with Gasteiger partial charge in [-0.2, -0.15) is 0 Å². The fourth-order valence-electron chi connectivity index (χ4n) is 4.44. The van der Waals surface area contributed by atoms with Gasteiger partial charge in [-0.25, -0.2) is 14.2 Å². The molecule has 12 nitrogen and oxygen atoms in total. The van der Waals surface area contributed by atoms with Crippen LogP contribution in [0.15, 0.2) is 48.5 Å². The Bertz CT molecular complexity index is 1300. The number of halogens is 1. The molecule has 0 radical (unpaired) electrons. The summed E-state index contributed by atoms with van der Waals surface area (Å²) in [6.45, 7) is 2.66. The summed E-state index contributed by atoms with van der Waals surface area (Å²) in [5.74, 6) is -4.74. The maximum absolute atomic E-state index is 12.9. The number of thiazole rings is 1. The summed E-state index contributed by atoms with van der Waals surface area (Å²) < 4.78 is 19.7. The van der Waals surface area contributed by atoms with E-state index in [-0.39, 0.29) is 12.4 Å². The first-order valence-electron chi connectivity index (χ1n) is 13.1. The van der Waals surface area contributed by atoms with Gasteiger partial charge in [0.2, 0.25) is 0 Å². The molecule has 2 heterocycles. The van der Waals surface area contributed by atoms with E-state index in [9.17, 15) is 23.9 Å². The van der Waals surface area contributed by atoms with Crippen molar-refractivity contribution in [3.8, 4) is 5.75 Å². The number of piperidine rings is 1. The van der Waals surface area contributed by atoms with Gasteiger partial charge in [0.1, 0.15) is 24.3 Å². The lowest BCUT2D eigenvalue weighted by Crippen LogP contribution is -2.46. The third-order valence-electron chi connectivity index (χ3n) is 6.70. The molecule has 0 bridgehead atoms. The molecule has 2 aromatic carbocycles. The molecule has 1 aliphatic rings. The number of aliphatic hydroxyl groups excluding tert-OH is 1. The van der Waals surface area contributed by atoms with Crippen LogP contribution in [0, 0.1) is 5.82 Å². The molecular formula is C28H34FN3O9S. The highest BCUT2D eigenvalue weighted by atomic mass is 32.1. The average Bonchev–Trinajstić information content (AvgIpc) is 3.37. The molecule has 3 aromatic rings. The van der Waals surface area contributed by atoms with Gasteiger partial charge < -0.3 is 40.1 Å². The van der Waals surface area contributed by atoms with Crippen molar-refractivity contribution < 1.29 is 49.0 Å². The van der Waals surface area contributed by atoms with Gasteiger partial charge in [-0.1, -0.05) is 23.5 Å². The van der Waals surface area contributed by atoms with Crippen molar-refractivity contribution in [1.29, 1.82) is 0 Å². The topological polar surface area (TPSA) is 181 Å². The van der Waals surface area contributed by atoms with E-state index < -0.39 is 42.5 Å². The normalized spacial score (nSPS) is 15.0. The monoisotopic (exact) mass is 607 g/mol. The number of carboxylic acids is 3. The number of hydrogen-bond acceptors (Lipinski definition) is 10. The van der Waals surface area contributed by atoms with Crippen molar-refractivity contribution in [2.75, 3.05) is 38.2 Å². The van der Waals surface area contributed by atoms with Crippen LogP contribution in [0.1, 0.15) is 25.7 Å². The fourth-order valence-corrected chi connectivity index (χ4v) is 5.44. The molecule has 0 saturated carbocycles. The lowest BCUT2D eigenvalue weighted by Gasteiger charge is -2.37. The average molecular weight is 608 g/mol. The van der Waals surface area contributed by atoms with Crippen LogP contribution < -0.4 is 9.64 Å². The van der Waals surface area contributed by atoms with Crippen LogP contribution in [0.4, 0.5) is 9.52 Å². The quantitative estimate of drug-likeness (QED) is 0.203. The predicted octanol–water partition coefficient (Wildman–Crippen LogP) is 2.53. The molecule has 1 atom stereocenters. The number of rotatable bonds is 12. The van der Waals surface area contributed by atoms with Crippen molar-refractivity contribution in [1.82, 2.24) is 9.88 Å². The molecule has 14 heteroatoms. The number of benzene rings is 2. The van der Waals surface area contributed by atoms with Gasteiger partial charge in [0.15, 0.2) is 10.7 Å². The highest BCUT2D eigenvalue weighted by Crippen LogP contribution is 2.31. The lowest BCUT2D eigenvalue weighted by atomic mass is 9.96. The molecule has 1 aromatic heterocycles. The fraction of sp³-hybridized carbons (Fsp3) is 0.429. The minimum absolute atomic E-state index is 0.206. The highest BCUT2D eigenvalue weighted by Gasteiger charge is 2.40. The van der Waals surface area contributed by atoms with Crippen molar-refractivity contribution >= 4 is 44.6 Å². The third kappa shape index (κ3) is 9.62. The second-order valence-electron chi connectivity index (χ2n) is 10.0. The molecule has 1 aliphatic heterocycles. The van der Waals surface area contributed by atoms with Gasteiger partial charge in [0.05, 0.1) is 23.1 Å². The zero-order valence-corrected chi connectivity index (χ0v) is 23.7. The summed E-state index contributed by atoms with van der Waals surface area (Å²) in [6.07, 6.45) is -0.780. The summed E-state index contributed by atoms with van der Waals surface area (Å²) in [7, 11) is 2.13. The minimum Gasteiger partial charge on any atom is -0.491 e. The van der Waals surface area contributed by atoms with E-state index in [0.717, 1.165) is 36.6 Å². The molecular weight excluding hydrogens is 573 g/mol. The Labute approximate surface area is 245 Å². The van der Waals surface area contributed by atoms with Gasteiger partial charge in [0, 0.05) is 32.7 Å². The number of nitrogens with zero attached hydrogens (tertiary/aromatic N) is 3. The summed E-state index contributed by atoms with van der Waals surface area (Å²) in [5.41, 5.74) is -1.68. The van der Waals surface area contributed by atoms with Crippen LogP contribution in [0.2, 0.25) is 0 Å². The number of anilines is 1. The van der Waals surface area contributed by atoms with Crippen LogP contribution in [0.25, 0.3) is 10.2 Å². The first kappa shape index (κ1) is 32.7. The zero-order valence-electron chi connectivity index (χ0n) is 22.9. The zero-order chi connectivity index (χ0) is 30.9. The highest BCUT2D eigenvalue weighted by molar-refractivity contribution is 7.22. The second kappa shape index (κ2) is 14.9. The largest absolute Gasteiger partial charge is 0.491 e. The number of β-amino-alcohol motifs (C(OH)–C–C–N with tert-alkyl or cyclic N) is 1. The number of aliphatic carboxylic acids is 3.